The number of rotatable bonds is 0. The van der Waals surface area contributed by atoms with Gasteiger partial charge in [-0.1, -0.05) is 37.6 Å². The highest BCUT2D eigenvalue weighted by Crippen LogP contribution is 2.20. The molecule has 2 atom stereocenters. The zero-order chi connectivity index (χ0) is 6.85. The average Bonchev–Trinajstić information content (AvgIpc) is 1.80. The van der Waals surface area contributed by atoms with Gasteiger partial charge in [0, 0.05) is 0 Å². The fourth-order valence-corrected chi connectivity index (χ4v) is 1.10. The number of hydrogen-bond donors (Lipinski definition) is 0. The summed E-state index contributed by atoms with van der Waals surface area (Å²) in [5.74, 6) is 1.46. The van der Waals surface area contributed by atoms with Gasteiger partial charge in [-0.3, -0.25) is 0 Å². The summed E-state index contributed by atoms with van der Waals surface area (Å²) in [7, 11) is 0. The van der Waals surface area contributed by atoms with E-state index in [-0.39, 0.29) is 0 Å². The molecule has 0 saturated carbocycles. The molecule has 0 saturated heterocycles. The molecule has 1 aliphatic rings. The lowest BCUT2D eigenvalue weighted by molar-refractivity contribution is 0.548. The first kappa shape index (κ1) is 6.60. The predicted octanol–water partition coefficient (Wildman–Crippen LogP) is 2.77. The maximum absolute atomic E-state index is 2.32. The standard InChI is InChI=1S/C9H14/c1-7-4-5-8(2)9(3)6-7/h4-6,8-9H,1-3H3/t8-,9+/m1/s1. The van der Waals surface area contributed by atoms with Crippen LogP contribution >= 0.6 is 0 Å². The van der Waals surface area contributed by atoms with E-state index in [0.717, 1.165) is 11.8 Å². The second-order valence-corrected chi connectivity index (χ2v) is 2.99. The normalized spacial score (nSPS) is 34.3. The Morgan fingerprint density at radius 1 is 1.22 bits per heavy atom. The first-order chi connectivity index (χ1) is 4.20. The summed E-state index contributed by atoms with van der Waals surface area (Å²) in [5.41, 5.74) is 1.40. The van der Waals surface area contributed by atoms with Crippen LogP contribution in [0.4, 0.5) is 0 Å². The van der Waals surface area contributed by atoms with Crippen LogP contribution in [0, 0.1) is 11.8 Å². The van der Waals surface area contributed by atoms with Crippen molar-refractivity contribution in [3.8, 4) is 0 Å². The first-order valence-electron chi connectivity index (χ1n) is 3.57. The Bertz CT molecular complexity index is 151. The van der Waals surface area contributed by atoms with Gasteiger partial charge in [-0.05, 0) is 18.8 Å². The second-order valence-electron chi connectivity index (χ2n) is 2.99. The molecule has 1 rings (SSSR count). The van der Waals surface area contributed by atoms with Crippen LogP contribution in [0.2, 0.25) is 0 Å². The number of hydrogen-bond acceptors (Lipinski definition) is 0. The Morgan fingerprint density at radius 2 is 1.89 bits per heavy atom. The fraction of sp³-hybridized carbons (Fsp3) is 0.556. The predicted molar refractivity (Wildman–Crippen MR) is 41.2 cm³/mol. The third-order valence-corrected chi connectivity index (χ3v) is 2.02. The van der Waals surface area contributed by atoms with Crippen molar-refractivity contribution in [2.24, 2.45) is 11.8 Å². The van der Waals surface area contributed by atoms with Crippen LogP contribution in [0.3, 0.4) is 0 Å². The molecular formula is C9H14. The van der Waals surface area contributed by atoms with Crippen LogP contribution < -0.4 is 0 Å². The van der Waals surface area contributed by atoms with Crippen molar-refractivity contribution < 1.29 is 0 Å². The molecule has 0 aromatic heterocycles. The minimum Gasteiger partial charge on any atom is -0.0809 e. The van der Waals surface area contributed by atoms with Crippen LogP contribution in [-0.4, -0.2) is 0 Å². The van der Waals surface area contributed by atoms with Crippen molar-refractivity contribution in [1.29, 1.82) is 0 Å². The minimum atomic E-state index is 0.730. The smallest absolute Gasteiger partial charge is 0.0196 e. The van der Waals surface area contributed by atoms with E-state index in [2.05, 4.69) is 39.0 Å². The molecule has 0 nitrogen and oxygen atoms in total. The zero-order valence-electron chi connectivity index (χ0n) is 6.39. The lowest BCUT2D eigenvalue weighted by atomic mass is 9.89. The summed E-state index contributed by atoms with van der Waals surface area (Å²) >= 11 is 0. The van der Waals surface area contributed by atoms with Gasteiger partial charge in [-0.25, -0.2) is 0 Å². The van der Waals surface area contributed by atoms with E-state index in [0.29, 0.717) is 0 Å². The molecule has 0 aromatic carbocycles. The van der Waals surface area contributed by atoms with Gasteiger partial charge >= 0.3 is 0 Å². The highest BCUT2D eigenvalue weighted by molar-refractivity contribution is 5.22. The Balaban J connectivity index is 2.70. The maximum atomic E-state index is 2.32. The average molecular weight is 122 g/mol. The van der Waals surface area contributed by atoms with E-state index in [1.54, 1.807) is 0 Å². The lowest BCUT2D eigenvalue weighted by Crippen LogP contribution is -2.05. The summed E-state index contributed by atoms with van der Waals surface area (Å²) in [5, 5.41) is 0. The first-order valence-corrected chi connectivity index (χ1v) is 3.57. The minimum absolute atomic E-state index is 0.730. The van der Waals surface area contributed by atoms with Gasteiger partial charge in [0.1, 0.15) is 0 Å². The monoisotopic (exact) mass is 122 g/mol. The van der Waals surface area contributed by atoms with Gasteiger partial charge in [0.05, 0.1) is 0 Å². The van der Waals surface area contributed by atoms with E-state index in [1.807, 2.05) is 0 Å². The third kappa shape index (κ3) is 1.44. The molecule has 50 valence electrons. The molecule has 0 bridgehead atoms. The molecule has 0 fully saturated rings. The molecule has 0 aromatic rings. The molecular weight excluding hydrogens is 108 g/mol. The Hall–Kier alpha value is -0.520. The fourth-order valence-electron chi connectivity index (χ4n) is 1.10. The van der Waals surface area contributed by atoms with Gasteiger partial charge in [-0.2, -0.15) is 0 Å². The van der Waals surface area contributed by atoms with Crippen LogP contribution in [0.1, 0.15) is 20.8 Å². The van der Waals surface area contributed by atoms with Crippen molar-refractivity contribution in [3.05, 3.63) is 23.8 Å². The van der Waals surface area contributed by atoms with Crippen molar-refractivity contribution >= 4 is 0 Å². The second kappa shape index (κ2) is 2.38. The van der Waals surface area contributed by atoms with E-state index < -0.39 is 0 Å². The molecule has 9 heavy (non-hydrogen) atoms. The SMILES string of the molecule is CC1=C[C@H](C)[C@H](C)C=C1. The zero-order valence-corrected chi connectivity index (χ0v) is 6.39. The summed E-state index contributed by atoms with van der Waals surface area (Å²) in [6, 6.07) is 0. The lowest BCUT2D eigenvalue weighted by Gasteiger charge is -2.16. The number of allylic oxidation sites excluding steroid dienone is 4. The highest BCUT2D eigenvalue weighted by Gasteiger charge is 2.08. The molecule has 1 aliphatic carbocycles. The van der Waals surface area contributed by atoms with E-state index in [1.165, 1.54) is 5.57 Å². The Labute approximate surface area is 57.3 Å². The Morgan fingerprint density at radius 3 is 2.33 bits per heavy atom. The van der Waals surface area contributed by atoms with Gasteiger partial charge < -0.3 is 0 Å². The molecule has 0 aliphatic heterocycles. The molecule has 0 heteroatoms. The van der Waals surface area contributed by atoms with Gasteiger partial charge in [0.25, 0.3) is 0 Å². The summed E-state index contributed by atoms with van der Waals surface area (Å²) in [6.07, 6.45) is 6.80. The quantitative estimate of drug-likeness (QED) is 0.463. The molecule has 0 amide bonds. The Kier molecular flexibility index (Phi) is 1.75. The van der Waals surface area contributed by atoms with E-state index >= 15 is 0 Å². The van der Waals surface area contributed by atoms with Gasteiger partial charge in [0.2, 0.25) is 0 Å². The van der Waals surface area contributed by atoms with Crippen LogP contribution in [0.25, 0.3) is 0 Å². The largest absolute Gasteiger partial charge is 0.0809 e. The summed E-state index contributed by atoms with van der Waals surface area (Å²) in [4.78, 5) is 0. The van der Waals surface area contributed by atoms with Crippen molar-refractivity contribution in [3.63, 3.8) is 0 Å². The molecule has 0 radical (unpaired) electrons. The van der Waals surface area contributed by atoms with Crippen LogP contribution in [0.15, 0.2) is 23.8 Å². The van der Waals surface area contributed by atoms with Crippen molar-refractivity contribution in [2.45, 2.75) is 20.8 Å². The van der Waals surface area contributed by atoms with Gasteiger partial charge in [0.15, 0.2) is 0 Å². The van der Waals surface area contributed by atoms with E-state index in [9.17, 15) is 0 Å². The van der Waals surface area contributed by atoms with Crippen LogP contribution in [-0.2, 0) is 0 Å². The topological polar surface area (TPSA) is 0 Å². The highest BCUT2D eigenvalue weighted by atomic mass is 14.1. The molecule has 0 unspecified atom stereocenters. The maximum Gasteiger partial charge on any atom is -0.0196 e. The molecule has 0 N–H and O–H groups in total. The van der Waals surface area contributed by atoms with E-state index in [4.69, 9.17) is 0 Å². The summed E-state index contributed by atoms with van der Waals surface area (Å²) in [6.45, 7) is 6.67. The molecule has 0 spiro atoms. The summed E-state index contributed by atoms with van der Waals surface area (Å²) < 4.78 is 0. The van der Waals surface area contributed by atoms with Crippen molar-refractivity contribution in [1.82, 2.24) is 0 Å². The molecule has 0 heterocycles. The third-order valence-electron chi connectivity index (χ3n) is 2.02. The van der Waals surface area contributed by atoms with Crippen molar-refractivity contribution in [2.75, 3.05) is 0 Å². The van der Waals surface area contributed by atoms with Gasteiger partial charge in [-0.15, -0.1) is 0 Å². The van der Waals surface area contributed by atoms with Crippen LogP contribution in [0.5, 0.6) is 0 Å².